The number of nitrogens with zero attached hydrogens (tertiary/aromatic N) is 2. The van der Waals surface area contributed by atoms with Crippen LogP contribution < -0.4 is 5.56 Å². The van der Waals surface area contributed by atoms with E-state index in [-0.39, 0.29) is 18.0 Å². The van der Waals surface area contributed by atoms with E-state index in [0.29, 0.717) is 17.5 Å². The van der Waals surface area contributed by atoms with E-state index in [1.807, 2.05) is 36.4 Å². The van der Waals surface area contributed by atoms with Crippen molar-refractivity contribution in [3.63, 3.8) is 0 Å². The van der Waals surface area contributed by atoms with Crippen molar-refractivity contribution in [1.82, 2.24) is 4.57 Å². The lowest BCUT2D eigenvalue weighted by Gasteiger charge is -2.15. The highest BCUT2D eigenvalue weighted by Gasteiger charge is 2.18. The summed E-state index contributed by atoms with van der Waals surface area (Å²) in [5.74, 6) is -0.0970. The Hall–Kier alpha value is -2.80. The molecule has 4 nitrogen and oxygen atoms in total. The van der Waals surface area contributed by atoms with Gasteiger partial charge in [0.25, 0.3) is 5.56 Å². The Labute approximate surface area is 123 Å². The number of aromatic nitrogens is 1. The summed E-state index contributed by atoms with van der Waals surface area (Å²) in [6.45, 7) is 5.55. The van der Waals surface area contributed by atoms with E-state index in [9.17, 15) is 15.2 Å². The molecule has 1 aromatic heterocycles. The molecule has 0 spiro atoms. The molecule has 4 heteroatoms. The summed E-state index contributed by atoms with van der Waals surface area (Å²) in [6, 6.07) is 11.3. The second-order valence-corrected chi connectivity index (χ2v) is 4.78. The average Bonchev–Trinajstić information content (AvgIpc) is 2.50. The van der Waals surface area contributed by atoms with Crippen LogP contribution in [0.15, 0.2) is 47.8 Å². The number of benzene rings is 1. The summed E-state index contributed by atoms with van der Waals surface area (Å²) in [5, 5.41) is 19.6. The highest BCUT2D eigenvalue weighted by Crippen LogP contribution is 2.23. The van der Waals surface area contributed by atoms with E-state index in [1.165, 1.54) is 4.57 Å². The molecule has 0 saturated heterocycles. The normalized spacial score (nSPS) is 10.1. The standard InChI is InChI=1S/C17H16N2O2/c1-3-7-14-12(2)15(10-18)17(21)19(16(14)20)11-13-8-5-4-6-9-13/h3-6,8-9,20H,1,7,11H2,2H3. The number of aromatic hydroxyl groups is 1. The molecule has 0 saturated carbocycles. The predicted molar refractivity (Wildman–Crippen MR) is 81.3 cm³/mol. The first-order valence-electron chi connectivity index (χ1n) is 6.60. The van der Waals surface area contributed by atoms with Crippen LogP contribution in [0.3, 0.4) is 0 Å². The summed E-state index contributed by atoms with van der Waals surface area (Å²) in [7, 11) is 0. The number of allylic oxidation sites excluding steroid dienone is 1. The van der Waals surface area contributed by atoms with Gasteiger partial charge in [-0.3, -0.25) is 9.36 Å². The maximum atomic E-state index is 12.4. The Morgan fingerprint density at radius 2 is 2.05 bits per heavy atom. The largest absolute Gasteiger partial charge is 0.494 e. The van der Waals surface area contributed by atoms with Crippen molar-refractivity contribution in [2.75, 3.05) is 0 Å². The van der Waals surface area contributed by atoms with Crippen molar-refractivity contribution in [3.05, 3.63) is 75.6 Å². The molecule has 2 aromatic rings. The molecule has 1 N–H and O–H groups in total. The van der Waals surface area contributed by atoms with Crippen molar-refractivity contribution < 1.29 is 5.11 Å². The van der Waals surface area contributed by atoms with Gasteiger partial charge in [0.1, 0.15) is 11.6 Å². The first kappa shape index (κ1) is 14.6. The van der Waals surface area contributed by atoms with Gasteiger partial charge >= 0.3 is 0 Å². The fourth-order valence-corrected chi connectivity index (χ4v) is 2.31. The quantitative estimate of drug-likeness (QED) is 0.875. The van der Waals surface area contributed by atoms with E-state index < -0.39 is 5.56 Å². The van der Waals surface area contributed by atoms with Crippen molar-refractivity contribution in [3.8, 4) is 11.9 Å². The molecule has 0 atom stereocenters. The highest BCUT2D eigenvalue weighted by atomic mass is 16.3. The van der Waals surface area contributed by atoms with E-state index in [0.717, 1.165) is 5.56 Å². The first-order valence-corrected chi connectivity index (χ1v) is 6.60. The lowest BCUT2D eigenvalue weighted by Crippen LogP contribution is -2.25. The molecule has 0 aliphatic heterocycles. The molecular weight excluding hydrogens is 264 g/mol. The van der Waals surface area contributed by atoms with Crippen molar-refractivity contribution in [2.45, 2.75) is 19.9 Å². The Morgan fingerprint density at radius 3 is 2.62 bits per heavy atom. The van der Waals surface area contributed by atoms with Crippen LogP contribution in [0.5, 0.6) is 5.88 Å². The third-order valence-electron chi connectivity index (χ3n) is 3.46. The fraction of sp³-hybridized carbons (Fsp3) is 0.176. The summed E-state index contributed by atoms with van der Waals surface area (Å²) in [5.41, 5.74) is 1.57. The smallest absolute Gasteiger partial charge is 0.271 e. The molecule has 0 fully saturated rings. The molecule has 0 aliphatic rings. The highest BCUT2D eigenvalue weighted by molar-refractivity contribution is 5.46. The van der Waals surface area contributed by atoms with Gasteiger partial charge < -0.3 is 5.11 Å². The van der Waals surface area contributed by atoms with E-state index >= 15 is 0 Å². The molecular formula is C17H16N2O2. The second kappa shape index (κ2) is 6.10. The second-order valence-electron chi connectivity index (χ2n) is 4.78. The number of pyridine rings is 1. The van der Waals surface area contributed by atoms with Crippen LogP contribution in [0, 0.1) is 18.3 Å². The van der Waals surface area contributed by atoms with Crippen molar-refractivity contribution in [2.24, 2.45) is 0 Å². The fourth-order valence-electron chi connectivity index (χ4n) is 2.31. The number of hydrogen-bond acceptors (Lipinski definition) is 3. The minimum atomic E-state index is -0.468. The molecule has 0 radical (unpaired) electrons. The van der Waals surface area contributed by atoms with Crippen molar-refractivity contribution in [1.29, 1.82) is 5.26 Å². The maximum Gasteiger partial charge on any atom is 0.271 e. The van der Waals surface area contributed by atoms with Crippen LogP contribution in [-0.2, 0) is 13.0 Å². The van der Waals surface area contributed by atoms with Gasteiger partial charge in [0.2, 0.25) is 0 Å². The SMILES string of the molecule is C=CCc1c(C)c(C#N)c(=O)n(Cc2ccccc2)c1O. The minimum Gasteiger partial charge on any atom is -0.494 e. The van der Waals surface area contributed by atoms with Crippen LogP contribution >= 0.6 is 0 Å². The minimum absolute atomic E-state index is 0.0700. The summed E-state index contributed by atoms with van der Waals surface area (Å²) in [6.07, 6.45) is 2.04. The van der Waals surface area contributed by atoms with E-state index in [4.69, 9.17) is 0 Å². The van der Waals surface area contributed by atoms with E-state index in [1.54, 1.807) is 13.0 Å². The van der Waals surface area contributed by atoms with Crippen LogP contribution in [0.4, 0.5) is 0 Å². The number of rotatable bonds is 4. The number of nitriles is 1. The van der Waals surface area contributed by atoms with Gasteiger partial charge in [0.15, 0.2) is 5.88 Å². The van der Waals surface area contributed by atoms with Gasteiger partial charge in [-0.25, -0.2) is 0 Å². The predicted octanol–water partition coefficient (Wildman–Crippen LogP) is 2.51. The number of hydrogen-bond donors (Lipinski definition) is 1. The lowest BCUT2D eigenvalue weighted by molar-refractivity contribution is 0.408. The van der Waals surface area contributed by atoms with E-state index in [2.05, 4.69) is 6.58 Å². The van der Waals surface area contributed by atoms with Gasteiger partial charge in [-0.05, 0) is 24.5 Å². The summed E-state index contributed by atoms with van der Waals surface area (Å²) < 4.78 is 1.24. The molecule has 0 bridgehead atoms. The van der Waals surface area contributed by atoms with Gasteiger partial charge in [0.05, 0.1) is 6.54 Å². The monoisotopic (exact) mass is 280 g/mol. The molecule has 21 heavy (non-hydrogen) atoms. The zero-order valence-corrected chi connectivity index (χ0v) is 11.8. The van der Waals surface area contributed by atoms with Crippen LogP contribution in [0.1, 0.15) is 22.3 Å². The Kier molecular flexibility index (Phi) is 4.24. The van der Waals surface area contributed by atoms with Gasteiger partial charge in [-0.2, -0.15) is 5.26 Å². The molecule has 106 valence electrons. The average molecular weight is 280 g/mol. The molecule has 1 heterocycles. The lowest BCUT2D eigenvalue weighted by atomic mass is 10.0. The molecule has 0 aliphatic carbocycles. The molecule has 0 amide bonds. The first-order chi connectivity index (χ1) is 10.1. The van der Waals surface area contributed by atoms with Crippen LogP contribution in [0.2, 0.25) is 0 Å². The van der Waals surface area contributed by atoms with Gasteiger partial charge in [-0.15, -0.1) is 6.58 Å². The van der Waals surface area contributed by atoms with Crippen LogP contribution in [0.25, 0.3) is 0 Å². The zero-order valence-electron chi connectivity index (χ0n) is 11.8. The molecule has 0 unspecified atom stereocenters. The summed E-state index contributed by atoms with van der Waals surface area (Å²) in [4.78, 5) is 12.4. The Balaban J connectivity index is 2.65. The topological polar surface area (TPSA) is 66.0 Å². The molecule has 1 aromatic carbocycles. The van der Waals surface area contributed by atoms with Crippen molar-refractivity contribution >= 4 is 0 Å². The Morgan fingerprint density at radius 1 is 1.38 bits per heavy atom. The zero-order chi connectivity index (χ0) is 15.4. The molecule has 2 rings (SSSR count). The third kappa shape index (κ3) is 2.72. The van der Waals surface area contributed by atoms with Gasteiger partial charge in [-0.1, -0.05) is 36.4 Å². The summed E-state index contributed by atoms with van der Waals surface area (Å²) >= 11 is 0. The van der Waals surface area contributed by atoms with Gasteiger partial charge in [0, 0.05) is 5.56 Å². The maximum absolute atomic E-state index is 12.4. The Bertz CT molecular complexity index is 768. The van der Waals surface area contributed by atoms with Crippen LogP contribution in [-0.4, -0.2) is 9.67 Å². The third-order valence-corrected chi connectivity index (χ3v) is 3.46.